The number of likely N-dealkylation sites (tertiary alicyclic amines) is 1. The van der Waals surface area contributed by atoms with Gasteiger partial charge in [-0.2, -0.15) is 0 Å². The normalized spacial score (nSPS) is 17.2. The molecule has 1 aromatic carbocycles. The van der Waals surface area contributed by atoms with Crippen LogP contribution in [-0.2, 0) is 14.3 Å². The van der Waals surface area contributed by atoms with Crippen LogP contribution in [-0.4, -0.2) is 64.1 Å². The SMILES string of the molecule is COC(=O)c1cccc(-n2c(C)cc(C=C3SC(=O)N(CC(=O)N4CCCC4)C3=O)c2C)c1C. The van der Waals surface area contributed by atoms with E-state index < -0.39 is 17.1 Å². The van der Waals surface area contributed by atoms with Crippen LogP contribution >= 0.6 is 11.8 Å². The van der Waals surface area contributed by atoms with Crippen molar-refractivity contribution in [3.8, 4) is 5.69 Å². The lowest BCUT2D eigenvalue weighted by Crippen LogP contribution is -2.40. The molecule has 0 N–H and O–H groups in total. The van der Waals surface area contributed by atoms with E-state index in [9.17, 15) is 19.2 Å². The van der Waals surface area contributed by atoms with Crippen molar-refractivity contribution in [1.29, 1.82) is 0 Å². The number of hydrogen-bond donors (Lipinski definition) is 0. The summed E-state index contributed by atoms with van der Waals surface area (Å²) in [5, 5.41) is -0.431. The molecule has 4 rings (SSSR count). The van der Waals surface area contributed by atoms with Crippen LogP contribution in [0.25, 0.3) is 11.8 Å². The number of thioether (sulfide) groups is 1. The Kier molecular flexibility index (Phi) is 6.65. The monoisotopic (exact) mass is 481 g/mol. The molecule has 0 aliphatic carbocycles. The van der Waals surface area contributed by atoms with Gasteiger partial charge in [-0.25, -0.2) is 4.79 Å². The van der Waals surface area contributed by atoms with Crippen LogP contribution < -0.4 is 0 Å². The molecule has 178 valence electrons. The van der Waals surface area contributed by atoms with Crippen molar-refractivity contribution < 1.29 is 23.9 Å². The molecule has 9 heteroatoms. The molecular weight excluding hydrogens is 454 g/mol. The Morgan fingerprint density at radius 2 is 1.82 bits per heavy atom. The van der Waals surface area contributed by atoms with Gasteiger partial charge in [-0.3, -0.25) is 19.3 Å². The zero-order valence-electron chi connectivity index (χ0n) is 19.7. The lowest BCUT2D eigenvalue weighted by atomic mass is 10.1. The van der Waals surface area contributed by atoms with Crippen molar-refractivity contribution >= 4 is 40.9 Å². The minimum absolute atomic E-state index is 0.194. The number of imide groups is 1. The number of esters is 1. The average molecular weight is 482 g/mol. The molecule has 2 aromatic rings. The maximum absolute atomic E-state index is 12.9. The summed E-state index contributed by atoms with van der Waals surface area (Å²) in [7, 11) is 1.35. The fourth-order valence-electron chi connectivity index (χ4n) is 4.48. The fraction of sp³-hybridized carbons (Fsp3) is 0.360. The van der Waals surface area contributed by atoms with E-state index in [1.165, 1.54) is 7.11 Å². The predicted molar refractivity (Wildman–Crippen MR) is 130 cm³/mol. The lowest BCUT2D eigenvalue weighted by molar-refractivity contribution is -0.135. The Labute approximate surface area is 202 Å². The first kappa shape index (κ1) is 23.8. The zero-order chi connectivity index (χ0) is 24.6. The molecule has 1 aromatic heterocycles. The maximum Gasteiger partial charge on any atom is 0.338 e. The second-order valence-corrected chi connectivity index (χ2v) is 9.45. The summed E-state index contributed by atoms with van der Waals surface area (Å²) in [4.78, 5) is 53.0. The second-order valence-electron chi connectivity index (χ2n) is 8.46. The van der Waals surface area contributed by atoms with Gasteiger partial charge in [-0.1, -0.05) is 6.07 Å². The van der Waals surface area contributed by atoms with Gasteiger partial charge in [0.1, 0.15) is 6.54 Å². The molecule has 0 atom stereocenters. The molecule has 2 saturated heterocycles. The highest BCUT2D eigenvalue weighted by molar-refractivity contribution is 8.18. The minimum Gasteiger partial charge on any atom is -0.465 e. The number of nitrogens with zero attached hydrogens (tertiary/aromatic N) is 3. The third-order valence-electron chi connectivity index (χ3n) is 6.33. The van der Waals surface area contributed by atoms with Crippen LogP contribution in [0, 0.1) is 20.8 Å². The Bertz CT molecular complexity index is 1220. The van der Waals surface area contributed by atoms with Gasteiger partial charge in [0.2, 0.25) is 5.91 Å². The van der Waals surface area contributed by atoms with Gasteiger partial charge < -0.3 is 14.2 Å². The van der Waals surface area contributed by atoms with Gasteiger partial charge >= 0.3 is 5.97 Å². The zero-order valence-corrected chi connectivity index (χ0v) is 20.5. The predicted octanol–water partition coefficient (Wildman–Crippen LogP) is 3.85. The Balaban J connectivity index is 1.62. The second kappa shape index (κ2) is 9.50. The quantitative estimate of drug-likeness (QED) is 0.476. The van der Waals surface area contributed by atoms with E-state index in [0.29, 0.717) is 23.6 Å². The number of amides is 3. The van der Waals surface area contributed by atoms with Gasteiger partial charge in [0.15, 0.2) is 0 Å². The van der Waals surface area contributed by atoms with Crippen LogP contribution in [0.1, 0.15) is 45.7 Å². The molecule has 0 radical (unpaired) electrons. The van der Waals surface area contributed by atoms with Gasteiger partial charge in [-0.05, 0) is 80.8 Å². The van der Waals surface area contributed by atoms with Crippen molar-refractivity contribution in [2.45, 2.75) is 33.6 Å². The highest BCUT2D eigenvalue weighted by Crippen LogP contribution is 2.34. The third kappa shape index (κ3) is 4.27. The summed E-state index contributed by atoms with van der Waals surface area (Å²) in [6.45, 7) is 6.85. The van der Waals surface area contributed by atoms with Crippen LogP contribution in [0.4, 0.5) is 4.79 Å². The van der Waals surface area contributed by atoms with Gasteiger partial charge in [0.05, 0.1) is 17.6 Å². The molecule has 0 spiro atoms. The Morgan fingerprint density at radius 3 is 2.50 bits per heavy atom. The number of rotatable bonds is 5. The van der Waals surface area contributed by atoms with E-state index in [0.717, 1.165) is 57.7 Å². The number of carbonyl (C=O) groups excluding carboxylic acids is 4. The number of benzene rings is 1. The van der Waals surface area contributed by atoms with Crippen LogP contribution in [0.3, 0.4) is 0 Å². The third-order valence-corrected chi connectivity index (χ3v) is 7.24. The largest absolute Gasteiger partial charge is 0.465 e. The first-order chi connectivity index (χ1) is 16.2. The highest BCUT2D eigenvalue weighted by atomic mass is 32.2. The number of aryl methyl sites for hydroxylation is 1. The molecule has 0 saturated carbocycles. The summed E-state index contributed by atoms with van der Waals surface area (Å²) in [5.41, 5.74) is 4.67. The number of aromatic nitrogens is 1. The average Bonchev–Trinajstić information content (AvgIpc) is 3.50. The van der Waals surface area contributed by atoms with Crippen molar-refractivity contribution in [2.24, 2.45) is 0 Å². The van der Waals surface area contributed by atoms with Gasteiger partial charge in [-0.15, -0.1) is 0 Å². The minimum atomic E-state index is -0.448. The van der Waals surface area contributed by atoms with E-state index in [1.807, 2.05) is 37.5 Å². The Hall–Kier alpha value is -3.33. The molecule has 0 unspecified atom stereocenters. The van der Waals surface area contributed by atoms with Crippen molar-refractivity contribution in [2.75, 3.05) is 26.7 Å². The number of hydrogen-bond acceptors (Lipinski definition) is 6. The molecular formula is C25H27N3O5S. The molecule has 8 nitrogen and oxygen atoms in total. The number of carbonyl (C=O) groups is 4. The summed E-state index contributed by atoms with van der Waals surface area (Å²) < 4.78 is 6.90. The standard InChI is InChI=1S/C25H27N3O5S/c1-15-12-18(17(3)28(15)20-9-7-8-19(16(20)2)24(31)33-4)13-21-23(30)27(25(32)34-21)14-22(29)26-10-5-6-11-26/h7-9,12-13H,5-6,10-11,14H2,1-4H3. The fourth-order valence-corrected chi connectivity index (χ4v) is 5.31. The highest BCUT2D eigenvalue weighted by Gasteiger charge is 2.37. The van der Waals surface area contributed by atoms with Crippen molar-refractivity contribution in [1.82, 2.24) is 14.4 Å². The topological polar surface area (TPSA) is 88.9 Å². The summed E-state index contributed by atoms with van der Waals surface area (Å²) in [5.74, 6) is -1.05. The summed E-state index contributed by atoms with van der Waals surface area (Å²) in [6, 6.07) is 7.38. The molecule has 2 aliphatic heterocycles. The number of ether oxygens (including phenoxy) is 1. The first-order valence-electron chi connectivity index (χ1n) is 11.1. The molecule has 34 heavy (non-hydrogen) atoms. The first-order valence-corrected chi connectivity index (χ1v) is 11.9. The molecule has 2 aliphatic rings. The van der Waals surface area contributed by atoms with E-state index in [4.69, 9.17) is 4.74 Å². The van der Waals surface area contributed by atoms with Gasteiger partial charge in [0.25, 0.3) is 11.1 Å². The molecule has 0 bridgehead atoms. The molecule has 3 amide bonds. The van der Waals surface area contributed by atoms with Crippen LogP contribution in [0.15, 0.2) is 29.2 Å². The van der Waals surface area contributed by atoms with Gasteiger partial charge in [0, 0.05) is 30.2 Å². The number of methoxy groups -OCH3 is 1. The van der Waals surface area contributed by atoms with E-state index >= 15 is 0 Å². The smallest absolute Gasteiger partial charge is 0.338 e. The molecule has 3 heterocycles. The van der Waals surface area contributed by atoms with E-state index in [2.05, 4.69) is 0 Å². The Morgan fingerprint density at radius 1 is 1.12 bits per heavy atom. The van der Waals surface area contributed by atoms with Crippen LogP contribution in [0.5, 0.6) is 0 Å². The van der Waals surface area contributed by atoms with Crippen molar-refractivity contribution in [3.05, 3.63) is 57.2 Å². The van der Waals surface area contributed by atoms with Crippen molar-refractivity contribution in [3.63, 3.8) is 0 Å². The maximum atomic E-state index is 12.9. The summed E-state index contributed by atoms with van der Waals surface area (Å²) in [6.07, 6.45) is 3.60. The summed E-state index contributed by atoms with van der Waals surface area (Å²) >= 11 is 0.851. The van der Waals surface area contributed by atoms with E-state index in [1.54, 1.807) is 23.1 Å². The lowest BCUT2D eigenvalue weighted by Gasteiger charge is -2.18. The van der Waals surface area contributed by atoms with Crippen LogP contribution in [0.2, 0.25) is 0 Å². The van der Waals surface area contributed by atoms with E-state index in [-0.39, 0.29) is 12.5 Å². The molecule has 2 fully saturated rings.